The number of rotatable bonds is 25. The van der Waals surface area contributed by atoms with E-state index in [1.54, 1.807) is 45.7 Å². The third kappa shape index (κ3) is 18.1. The summed E-state index contributed by atoms with van der Waals surface area (Å²) in [5.74, 6) is 0.127. The maximum absolute atomic E-state index is 12.7. The van der Waals surface area contributed by atoms with Gasteiger partial charge < -0.3 is 62.8 Å². The molecular weight excluding hydrogens is 1860 g/mol. The number of aromatic amines is 5. The minimum Gasteiger partial charge on any atom is -0.346 e. The number of aromatic nitrogens is 22. The van der Waals surface area contributed by atoms with Crippen molar-refractivity contribution in [3.05, 3.63) is 242 Å². The van der Waals surface area contributed by atoms with Crippen LogP contribution in [0.25, 0.3) is 136 Å². The molecule has 15 aromatic heterocycles. The molecule has 0 aromatic carbocycles. The largest absolute Gasteiger partial charge is 0.346 e. The van der Waals surface area contributed by atoms with Crippen molar-refractivity contribution >= 4 is 105 Å². The van der Waals surface area contributed by atoms with E-state index in [0.29, 0.717) is 90.9 Å². The third-order valence-corrected chi connectivity index (χ3v) is 37.3. The zero-order chi connectivity index (χ0) is 96.6. The molecule has 42 nitrogen and oxygen atoms in total. The summed E-state index contributed by atoms with van der Waals surface area (Å²) in [6, 6.07) is 15.5. The van der Waals surface area contributed by atoms with Crippen molar-refractivity contribution in [3.63, 3.8) is 0 Å². The second kappa shape index (κ2) is 37.9. The Hall–Kier alpha value is -13.9. The maximum Gasteiger partial charge on any atom is 0.240 e. The molecule has 22 rings (SSSR count). The summed E-state index contributed by atoms with van der Waals surface area (Å²) in [5, 5.41) is 14.2. The lowest BCUT2D eigenvalue weighted by Gasteiger charge is -2.38. The zero-order valence-corrected chi connectivity index (χ0v) is 79.5. The molecule has 5 N–H and O–H groups in total. The predicted octanol–water partition coefficient (Wildman–Crippen LogP) is 10.1. The number of hydrogen-bond acceptors (Lipinski definition) is 22. The minimum atomic E-state index is -3.51. The van der Waals surface area contributed by atoms with Crippen LogP contribution in [-0.4, -0.2) is 292 Å². The van der Waals surface area contributed by atoms with Gasteiger partial charge in [0.05, 0.1) is 62.9 Å². The molecule has 2 aliphatic carbocycles. The number of fused-ring (bicyclic) bond motifs is 5. The van der Waals surface area contributed by atoms with E-state index in [4.69, 9.17) is 32.9 Å². The van der Waals surface area contributed by atoms with E-state index in [-0.39, 0.29) is 67.8 Å². The van der Waals surface area contributed by atoms with E-state index in [1.165, 1.54) is 44.6 Å². The summed E-state index contributed by atoms with van der Waals surface area (Å²) < 4.78 is 141. The smallest absolute Gasteiger partial charge is 0.240 e. The predicted molar refractivity (Wildman–Crippen MR) is 517 cm³/mol. The normalized spacial score (nSPS) is 21.1. The number of sulfonamides is 5. The molecule has 712 valence electrons. The fraction of sp³-hybridized carbons (Fsp3) is 0.396. The van der Waals surface area contributed by atoms with Crippen LogP contribution in [0, 0.1) is 32.9 Å². The highest BCUT2D eigenvalue weighted by Crippen LogP contribution is 2.44. The number of hydrogen-bond donors (Lipinski definition) is 5. The van der Waals surface area contributed by atoms with Gasteiger partial charge in [-0.3, -0.25) is 9.36 Å². The van der Waals surface area contributed by atoms with Crippen molar-refractivity contribution in [2.24, 2.45) is 0 Å². The summed E-state index contributed by atoms with van der Waals surface area (Å²) in [6.45, 7) is 48.5. The molecule has 2 saturated carbocycles. The van der Waals surface area contributed by atoms with Gasteiger partial charge in [0.25, 0.3) is 0 Å². The molecular formula is C91H98N32O10S5. The fourth-order valence-electron chi connectivity index (χ4n) is 19.2. The quantitative estimate of drug-likeness (QED) is 0.0332. The summed E-state index contributed by atoms with van der Waals surface area (Å²) in [4.78, 5) is 76.5. The Balaban J connectivity index is 0.000000115. The van der Waals surface area contributed by atoms with Crippen LogP contribution in [0.2, 0.25) is 0 Å². The highest BCUT2D eigenvalue weighted by molar-refractivity contribution is 7.92. The highest BCUT2D eigenvalue weighted by atomic mass is 32.2. The van der Waals surface area contributed by atoms with Crippen LogP contribution in [0.1, 0.15) is 78.1 Å². The standard InChI is InChI=1S/C19H21N7O2S.C19H20N6O2S.C18H20N6O2S.C18H18N6O2S.C17H19N7O2S/c1-20-12-19(5-8-25(9-6-19)29(27,28)15-2-3-15)26-11-14(10-24-26)17-16-4-7-21-18(16)23-13-22-17;1-20-11-19(6-9-25(12-19)28(26,27)15-2-3-15)24-8-5-14(10-24)17-16-4-7-21-18(16)23-13-22-17;2*1-3-27(25,26)24-9-6-18(12-24,11-19-2)23-8-5-14(10-23)16-15-4-7-20-17(15)22-13-21-16;1-3-27(25,26)23-7-5-17(11-23,10-18-2)24-9-13(8-22-24)15-14-4-6-19-16(14)21-12-20-15/h4,7,10-11,13,15H,2-3,5-6,8-9,12H2,(H,21,22,23);4-5,7-8,10,13,15H,2-3,6,9,11-12H2,(H,21,22,23);4-5,7-8,10,13H,3,6,9,11-12H2,1H3,(H,20,21,22);3-5,7-8,10,13H,1,6,9,11-12H2,(H,20,21,22);4,6,8-9,12H,3,5,7,10-11H2,1H3,(H,19,20,21). The van der Waals surface area contributed by atoms with Crippen LogP contribution in [-0.2, 0) is 77.8 Å². The first-order chi connectivity index (χ1) is 66.5. The molecule has 47 heteroatoms. The lowest BCUT2D eigenvalue weighted by molar-refractivity contribution is 0.160. The lowest BCUT2D eigenvalue weighted by Crippen LogP contribution is -2.50. The summed E-state index contributed by atoms with van der Waals surface area (Å²) in [6.07, 6.45) is 42.1. The second-order valence-electron chi connectivity index (χ2n) is 35.5. The van der Waals surface area contributed by atoms with Crippen molar-refractivity contribution in [1.29, 1.82) is 0 Å². The third-order valence-electron chi connectivity index (χ3n) is 27.4. The van der Waals surface area contributed by atoms with Crippen molar-refractivity contribution in [1.82, 2.24) is 130 Å². The van der Waals surface area contributed by atoms with Crippen LogP contribution in [0.4, 0.5) is 0 Å². The second-order valence-corrected chi connectivity index (χ2v) is 46.3. The van der Waals surface area contributed by atoms with Gasteiger partial charge in [-0.15, -0.1) is 0 Å². The molecule has 7 aliphatic rings. The summed E-state index contributed by atoms with van der Waals surface area (Å²) >= 11 is 0. The molecule has 0 spiro atoms. The molecule has 0 bridgehead atoms. The monoisotopic (exact) mass is 1960 g/mol. The van der Waals surface area contributed by atoms with Gasteiger partial charge in [-0.1, -0.05) is 6.58 Å². The first-order valence-corrected chi connectivity index (χ1v) is 52.6. The van der Waals surface area contributed by atoms with E-state index in [2.05, 4.69) is 116 Å². The van der Waals surface area contributed by atoms with Gasteiger partial charge in [0, 0.05) is 206 Å². The molecule has 5 aliphatic heterocycles. The molecule has 5 saturated heterocycles. The van der Waals surface area contributed by atoms with E-state index in [9.17, 15) is 42.1 Å². The van der Waals surface area contributed by atoms with Gasteiger partial charge in [-0.2, -0.15) is 27.4 Å². The van der Waals surface area contributed by atoms with Crippen LogP contribution < -0.4 is 0 Å². The van der Waals surface area contributed by atoms with Gasteiger partial charge in [-0.25, -0.2) is 129 Å². The Morgan fingerprint density at radius 2 is 0.630 bits per heavy atom. The number of nitrogens with zero attached hydrogens (tertiary/aromatic N) is 27. The Morgan fingerprint density at radius 1 is 0.355 bits per heavy atom. The summed E-state index contributed by atoms with van der Waals surface area (Å²) in [5.41, 5.74) is 9.35. The topological polar surface area (TPSA) is 467 Å². The van der Waals surface area contributed by atoms with Crippen LogP contribution in [0.15, 0.2) is 185 Å². The van der Waals surface area contributed by atoms with Crippen LogP contribution in [0.3, 0.4) is 0 Å². The van der Waals surface area contributed by atoms with Gasteiger partial charge in [0.2, 0.25) is 82.8 Å². The Labute approximate surface area is 796 Å². The van der Waals surface area contributed by atoms with E-state index < -0.39 is 77.8 Å². The molecule has 15 aromatic rings. The minimum absolute atomic E-state index is 0.0534. The first-order valence-electron chi connectivity index (χ1n) is 44.8. The van der Waals surface area contributed by atoms with Crippen LogP contribution >= 0.6 is 0 Å². The van der Waals surface area contributed by atoms with Crippen molar-refractivity contribution in [3.8, 4) is 56.3 Å². The van der Waals surface area contributed by atoms with E-state index >= 15 is 0 Å². The first kappa shape index (κ1) is 94.5. The lowest BCUT2D eigenvalue weighted by atomic mass is 9.88. The zero-order valence-electron chi connectivity index (χ0n) is 75.4. The van der Waals surface area contributed by atoms with Gasteiger partial charge in [0.1, 0.15) is 87.6 Å². The molecule has 4 unspecified atom stereocenters. The molecule has 0 amide bonds. The van der Waals surface area contributed by atoms with Gasteiger partial charge >= 0.3 is 0 Å². The number of nitrogens with one attached hydrogen (secondary N) is 5. The molecule has 0 radical (unpaired) electrons. The highest BCUT2D eigenvalue weighted by Gasteiger charge is 2.53. The molecule has 20 heterocycles. The molecule has 138 heavy (non-hydrogen) atoms. The van der Waals surface area contributed by atoms with Gasteiger partial charge in [-0.05, 0) is 127 Å². The van der Waals surface area contributed by atoms with Crippen molar-refractivity contribution < 1.29 is 42.1 Å². The van der Waals surface area contributed by atoms with Crippen LogP contribution in [0.5, 0.6) is 0 Å². The molecule has 4 atom stereocenters. The maximum atomic E-state index is 12.7. The Morgan fingerprint density at radius 3 is 0.971 bits per heavy atom. The Bertz CT molecular complexity index is 7750. The molecule has 7 fully saturated rings. The average Bonchev–Trinajstić information content (AvgIpc) is 1.59. The fourth-order valence-corrected chi connectivity index (χ4v) is 26.3. The number of piperidine rings is 1. The SMILES string of the molecule is [C-]#[N+]CC1(n2cc(-c3ncnc4[nH]ccc34)cn2)CCN(S(=O)(=O)C2CC2)CC1.[C-]#[N+]CC1(n2cc(-c3ncnc4[nH]ccc34)cn2)CCN(S(=O)(=O)CC)C1.[C-]#[N+]CC1(n2ccc(-c3ncnc4[nH]ccc34)c2)CCN(S(=O)(=O)C2CC2)C1.[C-]#[N+]CC1(n2ccc(-c3ncnc4[nH]ccc34)c2)CCN(S(=O)(=O)C=C)C1.[C-]#[N+]CC1(n2ccc(-c3ncnc4[nH]ccc34)c2)CCN(S(=O)(=O)CC)C1. The van der Waals surface area contributed by atoms with Crippen molar-refractivity contribution in [2.45, 2.75) is 116 Å². The van der Waals surface area contributed by atoms with E-state index in [0.717, 1.165) is 143 Å². The van der Waals surface area contributed by atoms with E-state index in [1.807, 2.05) is 141 Å². The Kier molecular flexibility index (Phi) is 25.9. The average molecular weight is 1960 g/mol. The number of H-pyrrole nitrogens is 5. The van der Waals surface area contributed by atoms with Gasteiger partial charge in [0.15, 0.2) is 0 Å². The summed E-state index contributed by atoms with van der Waals surface area (Å²) in [7, 11) is -16.5. The van der Waals surface area contributed by atoms with Crippen molar-refractivity contribution in [2.75, 3.05) is 110 Å².